The van der Waals surface area contributed by atoms with Gasteiger partial charge in [0.25, 0.3) is 0 Å². The van der Waals surface area contributed by atoms with Gasteiger partial charge in [-0.15, -0.1) is 0 Å². The van der Waals surface area contributed by atoms with Crippen LogP contribution in [-0.2, 0) is 4.74 Å². The minimum atomic E-state index is -0.0476. The van der Waals surface area contributed by atoms with Gasteiger partial charge in [0.15, 0.2) is 5.52 Å². The first kappa shape index (κ1) is 22.0. The van der Waals surface area contributed by atoms with Gasteiger partial charge in [-0.05, 0) is 50.6 Å². The molecule has 1 atom stereocenters. The first-order valence-corrected chi connectivity index (χ1v) is 8.81. The summed E-state index contributed by atoms with van der Waals surface area (Å²) in [5, 5.41) is 1.37. The second-order valence-corrected chi connectivity index (χ2v) is 6.74. The zero-order valence-electron chi connectivity index (χ0n) is 13.9. The fourth-order valence-electron chi connectivity index (χ4n) is 2.19. The zero-order valence-corrected chi connectivity index (χ0v) is 15.6. The number of benzene rings is 2. The molecule has 2 aromatic rings. The van der Waals surface area contributed by atoms with Gasteiger partial charge in [-0.1, -0.05) is 23.7 Å². The predicted molar refractivity (Wildman–Crippen MR) is 106 cm³/mol. The summed E-state index contributed by atoms with van der Waals surface area (Å²) >= 11 is 6.18. The van der Waals surface area contributed by atoms with Crippen molar-refractivity contribution in [3.05, 3.63) is 52.5 Å². The molecule has 0 saturated carbocycles. The minimum absolute atomic E-state index is 0. The molecule has 2 aromatic carbocycles. The van der Waals surface area contributed by atoms with Gasteiger partial charge in [0.1, 0.15) is 18.1 Å². The quantitative estimate of drug-likeness (QED) is 0.404. The molecule has 0 aliphatic rings. The van der Waals surface area contributed by atoms with Crippen LogP contribution >= 0.6 is 20.2 Å². The number of hydrogen-bond donors (Lipinski definition) is 0. The molecular weight excluding hydrogens is 354 g/mol. The molecule has 0 N–H and O–H groups in total. The van der Waals surface area contributed by atoms with Crippen LogP contribution in [0.5, 0.6) is 11.5 Å². The van der Waals surface area contributed by atoms with Crippen LogP contribution in [0.3, 0.4) is 0 Å². The van der Waals surface area contributed by atoms with Crippen LogP contribution in [0, 0.1) is 6.92 Å². The van der Waals surface area contributed by atoms with Crippen LogP contribution in [0.2, 0.25) is 5.02 Å². The van der Waals surface area contributed by atoms with Gasteiger partial charge in [0, 0.05) is 7.11 Å². The van der Waals surface area contributed by atoms with E-state index >= 15 is 0 Å². The maximum absolute atomic E-state index is 12.7. The molecule has 0 spiro atoms. The Morgan fingerprint density at radius 2 is 1.92 bits per heavy atom. The van der Waals surface area contributed by atoms with Crippen molar-refractivity contribution in [2.24, 2.45) is 0 Å². The third-order valence-corrected chi connectivity index (χ3v) is 5.05. The molecule has 0 aliphatic carbocycles. The summed E-state index contributed by atoms with van der Waals surface area (Å²) < 4.78 is 15.8. The molecule has 0 aromatic heterocycles. The SMILES string of the molecule is COCCOc1ccc(PC(=O)c2c(Cl)cccc2OC)c(C)c1.[LiH]. The van der Waals surface area contributed by atoms with E-state index in [0.29, 0.717) is 29.5 Å². The van der Waals surface area contributed by atoms with Gasteiger partial charge < -0.3 is 14.2 Å². The Balaban J connectivity index is 0.00000312. The number of halogens is 1. The van der Waals surface area contributed by atoms with Gasteiger partial charge in [0.2, 0.25) is 0 Å². The van der Waals surface area contributed by atoms with E-state index in [1.807, 2.05) is 25.1 Å². The van der Waals surface area contributed by atoms with Gasteiger partial charge in [-0.25, -0.2) is 0 Å². The summed E-state index contributed by atoms with van der Waals surface area (Å²) in [5.41, 5.74) is 1.39. The van der Waals surface area contributed by atoms with Gasteiger partial charge in [0.05, 0.1) is 24.3 Å². The first-order chi connectivity index (χ1) is 11.6. The molecule has 0 heterocycles. The summed E-state index contributed by atoms with van der Waals surface area (Å²) in [6.07, 6.45) is 0. The Labute approximate surface area is 167 Å². The van der Waals surface area contributed by atoms with Crippen molar-refractivity contribution in [2.75, 3.05) is 27.4 Å². The van der Waals surface area contributed by atoms with Gasteiger partial charge in [-0.3, -0.25) is 4.79 Å². The zero-order chi connectivity index (χ0) is 17.5. The maximum atomic E-state index is 12.7. The van der Waals surface area contributed by atoms with Crippen LogP contribution in [0.4, 0.5) is 0 Å². The standard InChI is InChI=1S/C18H20ClO4P.Li.H/c1-12-11-13(23-10-9-21-2)7-8-16(12)24-18(20)17-14(19)5-4-6-15(17)22-3;;/h4-8,11,24H,9-10H2,1-3H3;;. The molecule has 7 heteroatoms. The average Bonchev–Trinajstić information content (AvgIpc) is 2.57. The number of aryl methyl sites for hydroxylation is 1. The molecule has 2 rings (SSSR count). The van der Waals surface area contributed by atoms with Crippen LogP contribution in [0.25, 0.3) is 0 Å². The number of carbonyl (C=O) groups is 1. The number of methoxy groups -OCH3 is 2. The molecule has 0 bridgehead atoms. The van der Waals surface area contributed by atoms with E-state index in [9.17, 15) is 4.79 Å². The van der Waals surface area contributed by atoms with E-state index in [-0.39, 0.29) is 33.0 Å². The number of carbonyl (C=O) groups excluding carboxylic acids is 1. The molecule has 25 heavy (non-hydrogen) atoms. The second-order valence-electron chi connectivity index (χ2n) is 5.09. The molecule has 1 unspecified atom stereocenters. The molecule has 0 fully saturated rings. The van der Waals surface area contributed by atoms with Crippen molar-refractivity contribution in [2.45, 2.75) is 6.92 Å². The van der Waals surface area contributed by atoms with Crippen molar-refractivity contribution in [1.82, 2.24) is 0 Å². The van der Waals surface area contributed by atoms with E-state index in [0.717, 1.165) is 16.6 Å². The number of hydrogen-bond acceptors (Lipinski definition) is 4. The predicted octanol–water partition coefficient (Wildman–Crippen LogP) is 3.18. The van der Waals surface area contributed by atoms with Crippen molar-refractivity contribution in [3.63, 3.8) is 0 Å². The van der Waals surface area contributed by atoms with Gasteiger partial charge in [-0.2, -0.15) is 0 Å². The third kappa shape index (κ3) is 6.03. The van der Waals surface area contributed by atoms with E-state index in [2.05, 4.69) is 0 Å². The molecule has 0 aliphatic heterocycles. The summed E-state index contributed by atoms with van der Waals surface area (Å²) in [7, 11) is 3.13. The van der Waals surface area contributed by atoms with E-state index < -0.39 is 0 Å². The Morgan fingerprint density at radius 1 is 1.16 bits per heavy atom. The fraction of sp³-hybridized carbons (Fsp3) is 0.278. The van der Waals surface area contributed by atoms with Crippen molar-refractivity contribution >= 4 is 49.9 Å². The monoisotopic (exact) mass is 374 g/mol. The second kappa shape index (κ2) is 10.9. The summed E-state index contributed by atoms with van der Waals surface area (Å²) in [6.45, 7) is 2.99. The number of rotatable bonds is 8. The van der Waals surface area contributed by atoms with Crippen molar-refractivity contribution < 1.29 is 19.0 Å². The molecule has 4 nitrogen and oxygen atoms in total. The van der Waals surface area contributed by atoms with Crippen LogP contribution < -0.4 is 14.8 Å². The Hall–Kier alpha value is -1.01. The van der Waals surface area contributed by atoms with Crippen molar-refractivity contribution in [3.8, 4) is 11.5 Å². The Kier molecular flexibility index (Phi) is 9.57. The first-order valence-electron chi connectivity index (χ1n) is 7.43. The number of ether oxygens (including phenoxy) is 3. The molecule has 0 amide bonds. The Morgan fingerprint density at radius 3 is 2.56 bits per heavy atom. The Bertz CT molecular complexity index is 724. The molecule has 0 radical (unpaired) electrons. The summed E-state index contributed by atoms with van der Waals surface area (Å²) in [6, 6.07) is 10.9. The molecular formula is C18H21ClLiO4P. The topological polar surface area (TPSA) is 44.8 Å². The molecule has 130 valence electrons. The summed E-state index contributed by atoms with van der Waals surface area (Å²) in [4.78, 5) is 12.7. The van der Waals surface area contributed by atoms with Crippen molar-refractivity contribution in [1.29, 1.82) is 0 Å². The molecule has 0 saturated heterocycles. The van der Waals surface area contributed by atoms with E-state index in [1.165, 1.54) is 7.11 Å². The van der Waals surface area contributed by atoms with Crippen LogP contribution in [0.1, 0.15) is 15.9 Å². The fourth-order valence-corrected chi connectivity index (χ4v) is 3.58. The van der Waals surface area contributed by atoms with Crippen LogP contribution in [0.15, 0.2) is 36.4 Å². The average molecular weight is 375 g/mol. The van der Waals surface area contributed by atoms with Gasteiger partial charge >= 0.3 is 18.9 Å². The normalized spacial score (nSPS) is 10.6. The third-order valence-electron chi connectivity index (χ3n) is 3.42. The van der Waals surface area contributed by atoms with E-state index in [1.54, 1.807) is 25.3 Å². The van der Waals surface area contributed by atoms with E-state index in [4.69, 9.17) is 25.8 Å². The summed E-state index contributed by atoms with van der Waals surface area (Å²) in [5.74, 6) is 1.26. The van der Waals surface area contributed by atoms with Crippen LogP contribution in [-0.4, -0.2) is 51.8 Å².